The highest BCUT2D eigenvalue weighted by molar-refractivity contribution is 5.92. The van der Waals surface area contributed by atoms with Gasteiger partial charge in [-0.15, -0.1) is 0 Å². The van der Waals surface area contributed by atoms with Gasteiger partial charge in [0.2, 0.25) is 0 Å². The molecule has 5 nitrogen and oxygen atoms in total. The van der Waals surface area contributed by atoms with Crippen LogP contribution in [0.4, 0.5) is 0 Å². The molecule has 0 fully saturated rings. The lowest BCUT2D eigenvalue weighted by Gasteiger charge is -2.04. The zero-order valence-corrected chi connectivity index (χ0v) is 10.9. The molecule has 2 rings (SSSR count). The number of carbonyl (C=O) groups excluding carboxylic acids is 1. The van der Waals surface area contributed by atoms with Crippen LogP contribution in [-0.2, 0) is 6.54 Å². The van der Waals surface area contributed by atoms with Crippen molar-refractivity contribution in [2.24, 2.45) is 0 Å². The average molecular weight is 269 g/mol. The number of hydrogen-bond donors (Lipinski definition) is 3. The Morgan fingerprint density at radius 3 is 3.05 bits per heavy atom. The molecule has 0 aliphatic carbocycles. The number of rotatable bonds is 4. The predicted octanol–water partition coefficient (Wildman–Crippen LogP) is 1.07. The minimum Gasteiger partial charge on any atom is -0.395 e. The number of hydrogen-bond acceptors (Lipinski definition) is 3. The second kappa shape index (κ2) is 7.12. The summed E-state index contributed by atoms with van der Waals surface area (Å²) in [5.41, 5.74) is 2.27. The average Bonchev–Trinajstić information content (AvgIpc) is 3.00. The number of benzene rings is 1. The van der Waals surface area contributed by atoms with Crippen molar-refractivity contribution in [3.05, 3.63) is 53.3 Å². The molecule has 1 amide bonds. The molecule has 0 aliphatic heterocycles. The first-order chi connectivity index (χ1) is 9.79. The third kappa shape index (κ3) is 3.97. The Kier molecular flexibility index (Phi) is 4.93. The van der Waals surface area contributed by atoms with Crippen LogP contribution in [0.5, 0.6) is 0 Å². The fraction of sp³-hybridized carbons (Fsp3) is 0.200. The summed E-state index contributed by atoms with van der Waals surface area (Å²) < 4.78 is 0. The largest absolute Gasteiger partial charge is 0.395 e. The summed E-state index contributed by atoms with van der Waals surface area (Å²) in [5.74, 6) is 5.63. The van der Waals surface area contributed by atoms with E-state index in [9.17, 15) is 4.79 Å². The van der Waals surface area contributed by atoms with E-state index in [1.54, 1.807) is 6.07 Å². The Morgan fingerprint density at radius 1 is 1.40 bits per heavy atom. The summed E-state index contributed by atoms with van der Waals surface area (Å²) in [5, 5.41) is 17.8. The van der Waals surface area contributed by atoms with Gasteiger partial charge in [-0.05, 0) is 23.8 Å². The molecule has 0 saturated heterocycles. The second-order valence-corrected chi connectivity index (χ2v) is 4.13. The van der Waals surface area contributed by atoms with Crippen LogP contribution >= 0.6 is 0 Å². The van der Waals surface area contributed by atoms with Crippen LogP contribution < -0.4 is 5.32 Å². The van der Waals surface area contributed by atoms with E-state index in [-0.39, 0.29) is 12.5 Å². The lowest BCUT2D eigenvalue weighted by Crippen LogP contribution is -2.23. The number of aromatic amines is 1. The van der Waals surface area contributed by atoms with Gasteiger partial charge < -0.3 is 10.4 Å². The van der Waals surface area contributed by atoms with Crippen LogP contribution in [0.1, 0.15) is 28.0 Å². The monoisotopic (exact) mass is 269 g/mol. The Balaban J connectivity index is 1.95. The van der Waals surface area contributed by atoms with Crippen molar-refractivity contribution in [1.29, 1.82) is 0 Å². The zero-order valence-electron chi connectivity index (χ0n) is 10.9. The fourth-order valence-electron chi connectivity index (χ4n) is 1.64. The van der Waals surface area contributed by atoms with Gasteiger partial charge in [0.15, 0.2) is 0 Å². The van der Waals surface area contributed by atoms with E-state index in [0.29, 0.717) is 18.7 Å². The number of nitrogens with zero attached hydrogens (tertiary/aromatic N) is 1. The molecule has 0 atom stereocenters. The number of aromatic nitrogens is 2. The normalized spacial score (nSPS) is 9.65. The van der Waals surface area contributed by atoms with Crippen molar-refractivity contribution in [3.63, 3.8) is 0 Å². The molecule has 3 N–H and O–H groups in total. The molecular weight excluding hydrogens is 254 g/mol. The van der Waals surface area contributed by atoms with Crippen molar-refractivity contribution in [2.45, 2.75) is 13.0 Å². The molecule has 0 unspecified atom stereocenters. The summed E-state index contributed by atoms with van der Waals surface area (Å²) in [4.78, 5) is 11.7. The van der Waals surface area contributed by atoms with Gasteiger partial charge in [0, 0.05) is 24.7 Å². The van der Waals surface area contributed by atoms with E-state index in [1.165, 1.54) is 6.20 Å². The van der Waals surface area contributed by atoms with Crippen molar-refractivity contribution in [2.75, 3.05) is 6.61 Å². The summed E-state index contributed by atoms with van der Waals surface area (Å²) >= 11 is 0. The molecule has 5 heteroatoms. The number of carbonyl (C=O) groups is 1. The molecular formula is C15H15N3O2. The minimum absolute atomic E-state index is 0.0624. The minimum atomic E-state index is -0.195. The zero-order chi connectivity index (χ0) is 14.2. The number of aliphatic hydroxyl groups excluding tert-OH is 1. The van der Waals surface area contributed by atoms with Gasteiger partial charge in [-0.2, -0.15) is 5.10 Å². The highest BCUT2D eigenvalue weighted by atomic mass is 16.2. The molecule has 0 saturated carbocycles. The molecule has 0 bridgehead atoms. The van der Waals surface area contributed by atoms with Crippen LogP contribution in [0, 0.1) is 11.8 Å². The third-order valence-corrected chi connectivity index (χ3v) is 2.59. The molecule has 1 aromatic heterocycles. The van der Waals surface area contributed by atoms with E-state index in [2.05, 4.69) is 27.4 Å². The highest BCUT2D eigenvalue weighted by Gasteiger charge is 2.05. The van der Waals surface area contributed by atoms with Crippen molar-refractivity contribution in [1.82, 2.24) is 15.5 Å². The Labute approximate surface area is 117 Å². The van der Waals surface area contributed by atoms with Crippen molar-refractivity contribution >= 4 is 5.91 Å². The molecule has 0 aliphatic rings. The van der Waals surface area contributed by atoms with Gasteiger partial charge in [0.25, 0.3) is 5.91 Å². The van der Waals surface area contributed by atoms with Gasteiger partial charge in [0.05, 0.1) is 6.61 Å². The summed E-state index contributed by atoms with van der Waals surface area (Å²) in [6, 6.07) is 9.24. The van der Waals surface area contributed by atoms with Crippen LogP contribution in [0.3, 0.4) is 0 Å². The van der Waals surface area contributed by atoms with Crippen LogP contribution in [0.15, 0.2) is 36.5 Å². The van der Waals surface area contributed by atoms with Crippen molar-refractivity contribution in [3.8, 4) is 11.8 Å². The van der Waals surface area contributed by atoms with Gasteiger partial charge in [0.1, 0.15) is 5.69 Å². The highest BCUT2D eigenvalue weighted by Crippen LogP contribution is 2.04. The molecule has 0 spiro atoms. The smallest absolute Gasteiger partial charge is 0.269 e. The fourth-order valence-corrected chi connectivity index (χ4v) is 1.64. The summed E-state index contributed by atoms with van der Waals surface area (Å²) in [6.07, 6.45) is 1.99. The Morgan fingerprint density at radius 2 is 2.30 bits per heavy atom. The van der Waals surface area contributed by atoms with Crippen molar-refractivity contribution < 1.29 is 9.90 Å². The lowest BCUT2D eigenvalue weighted by atomic mass is 10.1. The van der Waals surface area contributed by atoms with Gasteiger partial charge >= 0.3 is 0 Å². The van der Waals surface area contributed by atoms with Gasteiger partial charge in [-0.25, -0.2) is 0 Å². The first-order valence-electron chi connectivity index (χ1n) is 6.26. The van der Waals surface area contributed by atoms with Gasteiger partial charge in [-0.1, -0.05) is 24.0 Å². The SMILES string of the molecule is O=C(NCc1cccc(C#CCCO)c1)c1ccn[nH]1. The van der Waals surface area contributed by atoms with Crippen LogP contribution in [0.25, 0.3) is 0 Å². The topological polar surface area (TPSA) is 78.0 Å². The third-order valence-electron chi connectivity index (χ3n) is 2.59. The molecule has 1 aromatic carbocycles. The number of H-pyrrole nitrogens is 1. The molecule has 1 heterocycles. The summed E-state index contributed by atoms with van der Waals surface area (Å²) in [7, 11) is 0. The van der Waals surface area contributed by atoms with E-state index < -0.39 is 0 Å². The first-order valence-corrected chi connectivity index (χ1v) is 6.26. The predicted molar refractivity (Wildman–Crippen MR) is 74.8 cm³/mol. The quantitative estimate of drug-likeness (QED) is 0.727. The molecule has 0 radical (unpaired) electrons. The molecule has 20 heavy (non-hydrogen) atoms. The van der Waals surface area contributed by atoms with Gasteiger partial charge in [-0.3, -0.25) is 9.89 Å². The number of aliphatic hydroxyl groups is 1. The number of amides is 1. The first kappa shape index (κ1) is 13.8. The summed E-state index contributed by atoms with van der Waals surface area (Å²) in [6.45, 7) is 0.486. The maximum atomic E-state index is 11.7. The van der Waals surface area contributed by atoms with E-state index in [1.807, 2.05) is 24.3 Å². The van der Waals surface area contributed by atoms with E-state index in [4.69, 9.17) is 5.11 Å². The molecule has 102 valence electrons. The number of nitrogens with one attached hydrogen (secondary N) is 2. The van der Waals surface area contributed by atoms with E-state index in [0.717, 1.165) is 11.1 Å². The maximum absolute atomic E-state index is 11.7. The van der Waals surface area contributed by atoms with E-state index >= 15 is 0 Å². The molecule has 2 aromatic rings. The second-order valence-electron chi connectivity index (χ2n) is 4.13. The Bertz CT molecular complexity index is 624. The van der Waals surface area contributed by atoms with Crippen LogP contribution in [-0.4, -0.2) is 27.8 Å². The lowest BCUT2D eigenvalue weighted by molar-refractivity contribution is 0.0946. The van der Waals surface area contributed by atoms with Crippen LogP contribution in [0.2, 0.25) is 0 Å². The Hall–Kier alpha value is -2.58. The standard InChI is InChI=1S/C15H15N3O2/c19-9-2-1-4-12-5-3-6-13(10-12)11-16-15(20)14-7-8-17-18-14/h3,5-8,10,19H,2,9,11H2,(H,16,20)(H,17,18). The maximum Gasteiger partial charge on any atom is 0.269 e.